The lowest BCUT2D eigenvalue weighted by Gasteiger charge is -2.51. The Kier molecular flexibility index (Phi) is 3.18. The summed E-state index contributed by atoms with van der Waals surface area (Å²) in [5.41, 5.74) is 1.07. The fourth-order valence-electron chi connectivity index (χ4n) is 3.79. The molecule has 16 heavy (non-hydrogen) atoms. The van der Waals surface area contributed by atoms with Gasteiger partial charge in [-0.15, -0.1) is 0 Å². The Labute approximate surface area is 99.9 Å². The second-order valence-corrected chi connectivity index (χ2v) is 6.42. The number of hydrogen-bond donors (Lipinski definition) is 1. The molecule has 0 bridgehead atoms. The predicted molar refractivity (Wildman–Crippen MR) is 68.2 cm³/mol. The van der Waals surface area contributed by atoms with Crippen LogP contribution in [-0.2, 0) is 0 Å². The van der Waals surface area contributed by atoms with Crippen LogP contribution in [0.25, 0.3) is 0 Å². The Morgan fingerprint density at radius 2 is 2.06 bits per heavy atom. The molecule has 1 N–H and O–H groups in total. The first-order chi connectivity index (χ1) is 7.45. The molecule has 0 aromatic carbocycles. The first-order valence-corrected chi connectivity index (χ1v) is 6.85. The third kappa shape index (κ3) is 1.84. The van der Waals surface area contributed by atoms with E-state index in [4.69, 9.17) is 0 Å². The summed E-state index contributed by atoms with van der Waals surface area (Å²) >= 11 is 0. The van der Waals surface area contributed by atoms with Crippen LogP contribution in [0.1, 0.15) is 53.4 Å². The van der Waals surface area contributed by atoms with Crippen molar-refractivity contribution in [2.45, 2.75) is 59.0 Å². The molecular formula is C15H26O. The van der Waals surface area contributed by atoms with Gasteiger partial charge < -0.3 is 5.11 Å². The monoisotopic (exact) mass is 222 g/mol. The van der Waals surface area contributed by atoms with Crippen molar-refractivity contribution in [3.63, 3.8) is 0 Å². The van der Waals surface area contributed by atoms with Crippen LogP contribution in [0.3, 0.4) is 0 Å². The molecule has 1 heteroatoms. The number of aliphatic hydroxyl groups is 1. The van der Waals surface area contributed by atoms with Gasteiger partial charge in [0.05, 0.1) is 5.60 Å². The van der Waals surface area contributed by atoms with Crippen molar-refractivity contribution >= 4 is 0 Å². The first kappa shape index (κ1) is 12.2. The van der Waals surface area contributed by atoms with Gasteiger partial charge in [-0.25, -0.2) is 0 Å². The molecule has 2 aliphatic rings. The van der Waals surface area contributed by atoms with Crippen molar-refractivity contribution in [1.82, 2.24) is 0 Å². The number of rotatable bonds is 1. The molecular weight excluding hydrogens is 196 g/mol. The third-order valence-electron chi connectivity index (χ3n) is 5.07. The molecule has 1 nitrogen and oxygen atoms in total. The summed E-state index contributed by atoms with van der Waals surface area (Å²) in [7, 11) is 0. The minimum absolute atomic E-state index is 0.407. The minimum Gasteiger partial charge on any atom is -0.389 e. The molecule has 0 saturated heterocycles. The van der Waals surface area contributed by atoms with E-state index >= 15 is 0 Å². The molecule has 0 aromatic rings. The summed E-state index contributed by atoms with van der Waals surface area (Å²) in [5, 5.41) is 11.0. The van der Waals surface area contributed by atoms with E-state index in [0.717, 1.165) is 12.8 Å². The largest absolute Gasteiger partial charge is 0.389 e. The van der Waals surface area contributed by atoms with Crippen molar-refractivity contribution in [3.05, 3.63) is 11.6 Å². The van der Waals surface area contributed by atoms with E-state index in [1.54, 1.807) is 0 Å². The van der Waals surface area contributed by atoms with Crippen molar-refractivity contribution in [1.29, 1.82) is 0 Å². The van der Waals surface area contributed by atoms with Crippen LogP contribution in [0.2, 0.25) is 0 Å². The van der Waals surface area contributed by atoms with Gasteiger partial charge in [-0.1, -0.05) is 32.4 Å². The van der Waals surface area contributed by atoms with Gasteiger partial charge in [0.1, 0.15) is 0 Å². The summed E-state index contributed by atoms with van der Waals surface area (Å²) < 4.78 is 0. The van der Waals surface area contributed by atoms with Gasteiger partial charge in [0.15, 0.2) is 0 Å². The van der Waals surface area contributed by atoms with Crippen molar-refractivity contribution in [3.8, 4) is 0 Å². The first-order valence-electron chi connectivity index (χ1n) is 6.85. The minimum atomic E-state index is -0.410. The highest BCUT2D eigenvalue weighted by Gasteiger charge is 2.49. The van der Waals surface area contributed by atoms with Crippen LogP contribution in [0.15, 0.2) is 11.6 Å². The molecule has 0 aromatic heterocycles. The maximum atomic E-state index is 11.0. The van der Waals surface area contributed by atoms with Crippen LogP contribution in [0.4, 0.5) is 0 Å². The lowest BCUT2D eigenvalue weighted by Crippen LogP contribution is -2.52. The van der Waals surface area contributed by atoms with Crippen LogP contribution in [0, 0.1) is 23.7 Å². The molecule has 92 valence electrons. The molecule has 1 fully saturated rings. The lowest BCUT2D eigenvalue weighted by atomic mass is 9.57. The van der Waals surface area contributed by atoms with Gasteiger partial charge in [0.25, 0.3) is 0 Å². The topological polar surface area (TPSA) is 20.2 Å². The summed E-state index contributed by atoms with van der Waals surface area (Å²) in [5.74, 6) is 2.24. The van der Waals surface area contributed by atoms with Gasteiger partial charge in [-0.2, -0.15) is 0 Å². The maximum Gasteiger partial charge on any atom is 0.0741 e. The Bertz CT molecular complexity index is 292. The summed E-state index contributed by atoms with van der Waals surface area (Å²) in [4.78, 5) is 0. The van der Waals surface area contributed by atoms with Gasteiger partial charge in [0, 0.05) is 5.92 Å². The van der Waals surface area contributed by atoms with E-state index in [0.29, 0.717) is 23.7 Å². The molecule has 0 radical (unpaired) electrons. The summed E-state index contributed by atoms with van der Waals surface area (Å²) in [6.07, 6.45) is 6.93. The van der Waals surface area contributed by atoms with E-state index in [2.05, 4.69) is 33.8 Å². The Hall–Kier alpha value is -0.300. The Balaban J connectivity index is 2.32. The van der Waals surface area contributed by atoms with E-state index in [-0.39, 0.29) is 0 Å². The zero-order valence-corrected chi connectivity index (χ0v) is 11.2. The van der Waals surface area contributed by atoms with E-state index < -0.39 is 5.60 Å². The van der Waals surface area contributed by atoms with Crippen LogP contribution < -0.4 is 0 Å². The van der Waals surface area contributed by atoms with E-state index in [1.165, 1.54) is 18.4 Å². The highest BCUT2D eigenvalue weighted by Crippen LogP contribution is 2.50. The standard InChI is InChI=1S/C15H26O/c1-10(2)13-6-5-12(4)15(16)8-7-11(3)9-14(13)15/h9-10,12-14,16H,5-8H2,1-4H3/t12-,13+,14+,15+/m0/s1. The van der Waals surface area contributed by atoms with Gasteiger partial charge in [-0.05, 0) is 50.4 Å². The van der Waals surface area contributed by atoms with Crippen LogP contribution in [-0.4, -0.2) is 10.7 Å². The van der Waals surface area contributed by atoms with Crippen molar-refractivity contribution in [2.75, 3.05) is 0 Å². The fraction of sp³-hybridized carbons (Fsp3) is 0.867. The van der Waals surface area contributed by atoms with E-state index in [9.17, 15) is 5.11 Å². The molecule has 0 heterocycles. The number of fused-ring (bicyclic) bond motifs is 1. The van der Waals surface area contributed by atoms with Gasteiger partial charge in [0.2, 0.25) is 0 Å². The molecule has 1 saturated carbocycles. The van der Waals surface area contributed by atoms with Crippen LogP contribution >= 0.6 is 0 Å². The smallest absolute Gasteiger partial charge is 0.0741 e. The Morgan fingerprint density at radius 3 is 2.69 bits per heavy atom. The predicted octanol–water partition coefficient (Wildman–Crippen LogP) is 3.78. The maximum absolute atomic E-state index is 11.0. The van der Waals surface area contributed by atoms with Crippen LogP contribution in [0.5, 0.6) is 0 Å². The van der Waals surface area contributed by atoms with E-state index in [1.807, 2.05) is 0 Å². The number of hydrogen-bond acceptors (Lipinski definition) is 1. The zero-order valence-electron chi connectivity index (χ0n) is 11.2. The highest BCUT2D eigenvalue weighted by molar-refractivity contribution is 5.17. The average molecular weight is 222 g/mol. The molecule has 0 aliphatic heterocycles. The quantitative estimate of drug-likeness (QED) is 0.669. The summed E-state index contributed by atoms with van der Waals surface area (Å²) in [6.45, 7) is 9.06. The SMILES string of the molecule is CC1=C[C@@H]2[C@@H](C(C)C)CC[C@H](C)[C@]2(O)CC1. The Morgan fingerprint density at radius 1 is 1.38 bits per heavy atom. The van der Waals surface area contributed by atoms with Gasteiger partial charge >= 0.3 is 0 Å². The fourth-order valence-corrected chi connectivity index (χ4v) is 3.79. The average Bonchev–Trinajstić information content (AvgIpc) is 2.21. The second kappa shape index (κ2) is 4.18. The summed E-state index contributed by atoms with van der Waals surface area (Å²) in [6, 6.07) is 0. The van der Waals surface area contributed by atoms with Crippen molar-refractivity contribution in [2.24, 2.45) is 23.7 Å². The lowest BCUT2D eigenvalue weighted by molar-refractivity contribution is -0.111. The van der Waals surface area contributed by atoms with Gasteiger partial charge in [-0.3, -0.25) is 0 Å². The van der Waals surface area contributed by atoms with Crippen molar-refractivity contribution < 1.29 is 5.11 Å². The molecule has 2 aliphatic carbocycles. The zero-order chi connectivity index (χ0) is 11.9. The molecule has 0 spiro atoms. The number of allylic oxidation sites excluding steroid dienone is 1. The molecule has 2 rings (SSSR count). The highest BCUT2D eigenvalue weighted by atomic mass is 16.3. The molecule has 0 unspecified atom stereocenters. The molecule has 0 amide bonds. The normalized spacial score (nSPS) is 44.1. The second-order valence-electron chi connectivity index (χ2n) is 6.42. The third-order valence-corrected chi connectivity index (χ3v) is 5.07. The molecule has 4 atom stereocenters.